The van der Waals surface area contributed by atoms with E-state index in [-0.39, 0.29) is 5.75 Å². The van der Waals surface area contributed by atoms with Crippen molar-refractivity contribution in [1.29, 1.82) is 0 Å². The van der Waals surface area contributed by atoms with Crippen molar-refractivity contribution in [3.8, 4) is 5.75 Å². The fourth-order valence-electron chi connectivity index (χ4n) is 2.04. The van der Waals surface area contributed by atoms with Crippen LogP contribution in [0.25, 0.3) is 0 Å². The van der Waals surface area contributed by atoms with Gasteiger partial charge in [-0.25, -0.2) is 0 Å². The number of aliphatic hydroxyl groups excluding tert-OH is 1. The molecule has 1 aromatic heterocycles. The maximum atomic E-state index is 10.4. The molecule has 1 aromatic rings. The Kier molecular flexibility index (Phi) is 13.8. The molecule has 0 aliphatic carbocycles. The first-order valence-electron chi connectivity index (χ1n) is 8.14. The molecule has 0 spiro atoms. The molecule has 1 heterocycles. The molecule has 0 fully saturated rings. The summed E-state index contributed by atoms with van der Waals surface area (Å²) in [7, 11) is 0. The molecule has 0 atom stereocenters. The van der Waals surface area contributed by atoms with Gasteiger partial charge in [0.15, 0.2) is 0 Å². The molecule has 118 valence electrons. The summed E-state index contributed by atoms with van der Waals surface area (Å²) in [6, 6.07) is 1.51. The number of hydrogen-bond acceptors (Lipinski definition) is 2. The van der Waals surface area contributed by atoms with E-state index >= 15 is 0 Å². The van der Waals surface area contributed by atoms with Gasteiger partial charge in [-0.2, -0.15) is 0 Å². The first kappa shape index (κ1) is 19.0. The van der Waals surface area contributed by atoms with E-state index in [0.29, 0.717) is 12.3 Å². The fraction of sp³-hybridized carbons (Fsp3) is 0.765. The Morgan fingerprint density at radius 3 is 1.75 bits per heavy atom. The summed E-state index contributed by atoms with van der Waals surface area (Å²) >= 11 is 0. The van der Waals surface area contributed by atoms with Gasteiger partial charge in [0.25, 0.3) is 0 Å². The lowest BCUT2D eigenvalue weighted by Gasteiger charge is -2.00. The molecule has 2 N–H and O–H groups in total. The van der Waals surface area contributed by atoms with Gasteiger partial charge in [-0.05, 0) is 13.3 Å². The first-order valence-corrected chi connectivity index (χ1v) is 8.14. The minimum absolute atomic E-state index is 0.0833. The predicted molar refractivity (Wildman–Crippen MR) is 83.9 cm³/mol. The highest BCUT2D eigenvalue weighted by Crippen LogP contribution is 2.10. The minimum atomic E-state index is 0.0833. The molecular formula is C17H32NO2-. The predicted octanol–water partition coefficient (Wildman–Crippen LogP) is 4.30. The molecular weight excluding hydrogens is 250 g/mol. The zero-order chi connectivity index (χ0) is 15.1. The van der Waals surface area contributed by atoms with Crippen molar-refractivity contribution in [3.63, 3.8) is 0 Å². The van der Waals surface area contributed by atoms with E-state index in [1.54, 1.807) is 13.1 Å². The van der Waals surface area contributed by atoms with E-state index < -0.39 is 0 Å². The Labute approximate surface area is 124 Å². The van der Waals surface area contributed by atoms with Crippen molar-refractivity contribution in [2.45, 2.75) is 78.1 Å². The molecule has 0 bridgehead atoms. The summed E-state index contributed by atoms with van der Waals surface area (Å²) in [4.78, 5) is 2.76. The Morgan fingerprint density at radius 1 is 0.950 bits per heavy atom. The van der Waals surface area contributed by atoms with E-state index in [9.17, 15) is 5.11 Å². The summed E-state index contributed by atoms with van der Waals surface area (Å²) in [5.74, 6) is 0.0833. The third kappa shape index (κ3) is 12.1. The molecule has 3 heteroatoms. The first-order chi connectivity index (χ1) is 9.72. The standard InChI is InChI=1S/C12H26O.C5H7NO/c1-2-3-4-5-6-7-8-9-10-11-12-13;1-4-5(7)2-3-6-4/h13H,2-12H2,1H3;2-3,6-7H,1H3/p-1. The lowest BCUT2D eigenvalue weighted by Crippen LogP contribution is -1.87. The number of aromatic nitrogens is 1. The molecule has 0 saturated carbocycles. The quantitative estimate of drug-likeness (QED) is 0.629. The lowest BCUT2D eigenvalue weighted by atomic mass is 10.1. The van der Waals surface area contributed by atoms with E-state index in [1.165, 1.54) is 63.9 Å². The summed E-state index contributed by atoms with van der Waals surface area (Å²) in [5, 5.41) is 19.0. The second kappa shape index (κ2) is 14.4. The number of aryl methyl sites for hydroxylation is 1. The molecule has 1 rings (SSSR count). The van der Waals surface area contributed by atoms with Crippen LogP contribution in [-0.2, 0) is 0 Å². The van der Waals surface area contributed by atoms with E-state index in [0.717, 1.165) is 6.42 Å². The number of aromatic amines is 1. The van der Waals surface area contributed by atoms with Crippen LogP contribution in [0, 0.1) is 6.92 Å². The SMILES string of the molecule is CCCCCCCCCCCCO.Cc1[nH]ccc1[O-]. The lowest BCUT2D eigenvalue weighted by molar-refractivity contribution is -0.269. The van der Waals surface area contributed by atoms with Crippen LogP contribution >= 0.6 is 0 Å². The zero-order valence-electron chi connectivity index (χ0n) is 13.3. The third-order valence-electron chi connectivity index (χ3n) is 3.42. The molecule has 0 aliphatic rings. The van der Waals surface area contributed by atoms with Crippen molar-refractivity contribution >= 4 is 0 Å². The Hall–Kier alpha value is -0.960. The van der Waals surface area contributed by atoms with Gasteiger partial charge in [-0.1, -0.05) is 76.5 Å². The largest absolute Gasteiger partial charge is 0.871 e. The Morgan fingerprint density at radius 2 is 1.45 bits per heavy atom. The number of nitrogens with one attached hydrogen (secondary N) is 1. The normalized spacial score (nSPS) is 10.2. The Bertz CT molecular complexity index is 270. The van der Waals surface area contributed by atoms with E-state index in [2.05, 4.69) is 11.9 Å². The summed E-state index contributed by atoms with van der Waals surface area (Å²) in [6.07, 6.45) is 14.9. The topological polar surface area (TPSA) is 59.1 Å². The van der Waals surface area contributed by atoms with Gasteiger partial charge in [0.05, 0.1) is 0 Å². The van der Waals surface area contributed by atoms with Crippen LogP contribution in [0.2, 0.25) is 0 Å². The second-order valence-electron chi connectivity index (χ2n) is 5.37. The van der Waals surface area contributed by atoms with Gasteiger partial charge < -0.3 is 15.2 Å². The smallest absolute Gasteiger partial charge is 0.0431 e. The van der Waals surface area contributed by atoms with Crippen LogP contribution in [0.3, 0.4) is 0 Å². The van der Waals surface area contributed by atoms with Crippen molar-refractivity contribution in [2.24, 2.45) is 0 Å². The number of unbranched alkanes of at least 4 members (excludes halogenated alkanes) is 9. The van der Waals surface area contributed by atoms with Crippen LogP contribution in [0.1, 0.15) is 76.8 Å². The van der Waals surface area contributed by atoms with Gasteiger partial charge >= 0.3 is 0 Å². The van der Waals surface area contributed by atoms with Crippen LogP contribution < -0.4 is 5.11 Å². The van der Waals surface area contributed by atoms with Gasteiger partial charge in [0.1, 0.15) is 0 Å². The molecule has 20 heavy (non-hydrogen) atoms. The summed E-state index contributed by atoms with van der Waals surface area (Å²) in [5.41, 5.74) is 0.708. The number of rotatable bonds is 10. The maximum Gasteiger partial charge on any atom is 0.0431 e. The second-order valence-corrected chi connectivity index (χ2v) is 5.37. The third-order valence-corrected chi connectivity index (χ3v) is 3.42. The van der Waals surface area contributed by atoms with Gasteiger partial charge in [0, 0.05) is 18.5 Å². The summed E-state index contributed by atoms with van der Waals surface area (Å²) < 4.78 is 0. The van der Waals surface area contributed by atoms with Crippen molar-refractivity contribution in [2.75, 3.05) is 6.61 Å². The van der Waals surface area contributed by atoms with Crippen molar-refractivity contribution in [3.05, 3.63) is 18.0 Å². The molecule has 0 unspecified atom stereocenters. The minimum Gasteiger partial charge on any atom is -0.871 e. The molecule has 0 aliphatic heterocycles. The molecule has 0 amide bonds. The van der Waals surface area contributed by atoms with Crippen LogP contribution in [0.5, 0.6) is 5.75 Å². The van der Waals surface area contributed by atoms with E-state index in [1.807, 2.05) is 0 Å². The number of aliphatic hydroxyl groups is 1. The fourth-order valence-corrected chi connectivity index (χ4v) is 2.04. The maximum absolute atomic E-state index is 10.4. The average Bonchev–Trinajstić information content (AvgIpc) is 2.82. The highest BCUT2D eigenvalue weighted by atomic mass is 16.3. The zero-order valence-corrected chi connectivity index (χ0v) is 13.3. The van der Waals surface area contributed by atoms with Crippen molar-refractivity contribution < 1.29 is 10.2 Å². The average molecular weight is 282 g/mol. The van der Waals surface area contributed by atoms with Crippen molar-refractivity contribution in [1.82, 2.24) is 4.98 Å². The van der Waals surface area contributed by atoms with E-state index in [4.69, 9.17) is 5.11 Å². The number of H-pyrrole nitrogens is 1. The van der Waals surface area contributed by atoms with Crippen LogP contribution in [0.4, 0.5) is 0 Å². The van der Waals surface area contributed by atoms with Gasteiger partial charge in [0.2, 0.25) is 0 Å². The highest BCUT2D eigenvalue weighted by Gasteiger charge is 1.91. The number of hydrogen-bond donors (Lipinski definition) is 2. The molecule has 0 aromatic carbocycles. The molecule has 0 saturated heterocycles. The highest BCUT2D eigenvalue weighted by molar-refractivity contribution is 5.22. The van der Waals surface area contributed by atoms with Gasteiger partial charge in [-0.15, -0.1) is 0 Å². The molecule has 3 nitrogen and oxygen atoms in total. The monoisotopic (exact) mass is 282 g/mol. The van der Waals surface area contributed by atoms with Gasteiger partial charge in [-0.3, -0.25) is 0 Å². The Balaban J connectivity index is 0.000000428. The van der Waals surface area contributed by atoms with Crippen LogP contribution in [0.15, 0.2) is 12.3 Å². The summed E-state index contributed by atoms with van der Waals surface area (Å²) in [6.45, 7) is 4.38. The molecule has 0 radical (unpaired) electrons. The van der Waals surface area contributed by atoms with Crippen LogP contribution in [-0.4, -0.2) is 16.7 Å².